The van der Waals surface area contributed by atoms with Crippen LogP contribution >= 0.6 is 11.6 Å². The average molecular weight is 302 g/mol. The lowest BCUT2D eigenvalue weighted by Crippen LogP contribution is -1.99. The predicted molar refractivity (Wildman–Crippen MR) is 77.8 cm³/mol. The van der Waals surface area contributed by atoms with Gasteiger partial charge in [0.2, 0.25) is 5.82 Å². The fraction of sp³-hybridized carbons (Fsp3) is 0.154. The van der Waals surface area contributed by atoms with Crippen LogP contribution in [0.15, 0.2) is 30.6 Å². The first-order chi connectivity index (χ1) is 10.3. The Kier molecular flexibility index (Phi) is 4.64. The van der Waals surface area contributed by atoms with E-state index in [2.05, 4.69) is 25.4 Å². The highest BCUT2D eigenvalue weighted by Crippen LogP contribution is 2.17. The standard InChI is InChI=1S/C11H6ClN7.C2H6/c12-8-3-7(6-13)4-9(5-8)19-17-11(16-18-19)10-14-1-2-15-10;1-2/h1-5H,(H,14,15);1-2H3. The Morgan fingerprint density at radius 3 is 2.76 bits per heavy atom. The molecular formula is C13H12ClN7. The van der Waals surface area contributed by atoms with Crippen LogP contribution in [0.3, 0.4) is 0 Å². The Balaban J connectivity index is 0.000000774. The zero-order valence-electron chi connectivity index (χ0n) is 11.4. The van der Waals surface area contributed by atoms with Crippen LogP contribution in [0.5, 0.6) is 0 Å². The molecule has 1 aromatic carbocycles. The van der Waals surface area contributed by atoms with Gasteiger partial charge >= 0.3 is 0 Å². The number of hydrogen-bond donors (Lipinski definition) is 1. The second-order valence-electron chi connectivity index (χ2n) is 3.65. The first-order valence-corrected chi connectivity index (χ1v) is 6.65. The quantitative estimate of drug-likeness (QED) is 0.784. The second kappa shape index (κ2) is 6.63. The molecule has 21 heavy (non-hydrogen) atoms. The Morgan fingerprint density at radius 1 is 1.29 bits per heavy atom. The number of tetrazole rings is 1. The molecule has 0 atom stereocenters. The van der Waals surface area contributed by atoms with E-state index in [1.165, 1.54) is 4.80 Å². The van der Waals surface area contributed by atoms with E-state index >= 15 is 0 Å². The number of aromatic amines is 1. The van der Waals surface area contributed by atoms with Crippen molar-refractivity contribution in [1.82, 2.24) is 30.2 Å². The van der Waals surface area contributed by atoms with Crippen LogP contribution in [0.1, 0.15) is 19.4 Å². The third-order valence-electron chi connectivity index (χ3n) is 2.37. The minimum Gasteiger partial charge on any atom is -0.342 e. The number of benzene rings is 1. The van der Waals surface area contributed by atoms with Crippen LogP contribution in [0.4, 0.5) is 0 Å². The molecule has 7 nitrogen and oxygen atoms in total. The summed E-state index contributed by atoms with van der Waals surface area (Å²) < 4.78 is 0. The number of halogens is 1. The van der Waals surface area contributed by atoms with Crippen LogP contribution in [-0.2, 0) is 0 Å². The SMILES string of the molecule is CC.N#Cc1cc(Cl)cc(-n2nnc(-c3ncc[nH]3)n2)c1. The Hall–Kier alpha value is -2.72. The summed E-state index contributed by atoms with van der Waals surface area (Å²) >= 11 is 5.93. The van der Waals surface area contributed by atoms with Gasteiger partial charge in [0.05, 0.1) is 17.3 Å². The fourth-order valence-corrected chi connectivity index (χ4v) is 1.79. The summed E-state index contributed by atoms with van der Waals surface area (Å²) in [7, 11) is 0. The predicted octanol–water partition coefficient (Wildman–Crippen LogP) is 2.60. The summed E-state index contributed by atoms with van der Waals surface area (Å²) in [5.74, 6) is 0.886. The number of nitrogens with one attached hydrogen (secondary N) is 1. The second-order valence-corrected chi connectivity index (χ2v) is 4.09. The van der Waals surface area contributed by atoms with Gasteiger partial charge in [-0.3, -0.25) is 0 Å². The van der Waals surface area contributed by atoms with Crippen molar-refractivity contribution in [3.05, 3.63) is 41.2 Å². The van der Waals surface area contributed by atoms with Crippen molar-refractivity contribution < 1.29 is 0 Å². The van der Waals surface area contributed by atoms with E-state index in [9.17, 15) is 0 Å². The van der Waals surface area contributed by atoms with Gasteiger partial charge in [-0.15, -0.1) is 15.0 Å². The van der Waals surface area contributed by atoms with Crippen molar-refractivity contribution in [3.8, 4) is 23.4 Å². The van der Waals surface area contributed by atoms with Crippen LogP contribution < -0.4 is 0 Å². The van der Waals surface area contributed by atoms with Crippen molar-refractivity contribution in [3.63, 3.8) is 0 Å². The van der Waals surface area contributed by atoms with Gasteiger partial charge in [0.15, 0.2) is 5.82 Å². The molecule has 0 aliphatic heterocycles. The maximum Gasteiger partial charge on any atom is 0.240 e. The monoisotopic (exact) mass is 301 g/mol. The molecule has 2 heterocycles. The molecule has 0 aliphatic rings. The number of H-pyrrole nitrogens is 1. The van der Waals surface area contributed by atoms with Crippen molar-refractivity contribution in [1.29, 1.82) is 5.26 Å². The lowest BCUT2D eigenvalue weighted by atomic mass is 10.2. The highest BCUT2D eigenvalue weighted by Gasteiger charge is 2.10. The molecule has 2 aromatic heterocycles. The van der Waals surface area contributed by atoms with Crippen LogP contribution in [0.25, 0.3) is 17.3 Å². The highest BCUT2D eigenvalue weighted by molar-refractivity contribution is 6.30. The van der Waals surface area contributed by atoms with Gasteiger partial charge < -0.3 is 4.98 Å². The smallest absolute Gasteiger partial charge is 0.240 e. The van der Waals surface area contributed by atoms with E-state index in [-0.39, 0.29) is 0 Å². The van der Waals surface area contributed by atoms with Gasteiger partial charge in [0.25, 0.3) is 0 Å². The topological polar surface area (TPSA) is 96.1 Å². The molecule has 0 saturated carbocycles. The molecule has 0 fully saturated rings. The van der Waals surface area contributed by atoms with Crippen molar-refractivity contribution >= 4 is 11.6 Å². The number of nitriles is 1. The first kappa shape index (κ1) is 14.7. The lowest BCUT2D eigenvalue weighted by Gasteiger charge is -1.99. The molecular weight excluding hydrogens is 290 g/mol. The molecule has 3 rings (SSSR count). The molecule has 8 heteroatoms. The average Bonchev–Trinajstić information content (AvgIpc) is 3.19. The molecule has 0 amide bonds. The maximum absolute atomic E-state index is 8.90. The van der Waals surface area contributed by atoms with Crippen LogP contribution in [-0.4, -0.2) is 30.2 Å². The zero-order chi connectivity index (χ0) is 15.2. The minimum absolute atomic E-state index is 0.364. The summed E-state index contributed by atoms with van der Waals surface area (Å²) in [5, 5.41) is 21.3. The maximum atomic E-state index is 8.90. The van der Waals surface area contributed by atoms with E-state index in [1.807, 2.05) is 19.9 Å². The van der Waals surface area contributed by atoms with E-state index in [4.69, 9.17) is 16.9 Å². The molecule has 0 radical (unpaired) electrons. The molecule has 1 N–H and O–H groups in total. The minimum atomic E-state index is 0.364. The van der Waals surface area contributed by atoms with E-state index in [0.29, 0.717) is 27.9 Å². The summed E-state index contributed by atoms with van der Waals surface area (Å²) in [6.07, 6.45) is 3.27. The summed E-state index contributed by atoms with van der Waals surface area (Å²) in [6, 6.07) is 6.86. The van der Waals surface area contributed by atoms with Gasteiger partial charge in [-0.2, -0.15) is 5.26 Å². The third kappa shape index (κ3) is 3.24. The lowest BCUT2D eigenvalue weighted by molar-refractivity contribution is 0.720. The van der Waals surface area contributed by atoms with Gasteiger partial charge in [-0.1, -0.05) is 25.4 Å². The number of aromatic nitrogens is 6. The molecule has 3 aromatic rings. The van der Waals surface area contributed by atoms with Crippen molar-refractivity contribution in [2.24, 2.45) is 0 Å². The molecule has 0 spiro atoms. The summed E-state index contributed by atoms with van der Waals surface area (Å²) in [4.78, 5) is 8.21. The van der Waals surface area contributed by atoms with Crippen molar-refractivity contribution in [2.45, 2.75) is 13.8 Å². The number of nitrogens with zero attached hydrogens (tertiary/aromatic N) is 6. The summed E-state index contributed by atoms with van der Waals surface area (Å²) in [5.41, 5.74) is 0.994. The van der Waals surface area contributed by atoms with Gasteiger partial charge in [-0.25, -0.2) is 4.98 Å². The first-order valence-electron chi connectivity index (χ1n) is 6.27. The molecule has 0 unspecified atom stereocenters. The highest BCUT2D eigenvalue weighted by atomic mass is 35.5. The Bertz CT molecular complexity index is 755. The summed E-state index contributed by atoms with van der Waals surface area (Å²) in [6.45, 7) is 4.00. The molecule has 0 bridgehead atoms. The number of hydrogen-bond acceptors (Lipinski definition) is 5. The van der Waals surface area contributed by atoms with E-state index in [0.717, 1.165) is 0 Å². The van der Waals surface area contributed by atoms with Gasteiger partial charge in [-0.05, 0) is 23.4 Å². The number of imidazole rings is 1. The molecule has 0 saturated heterocycles. The number of rotatable bonds is 2. The van der Waals surface area contributed by atoms with E-state index < -0.39 is 0 Å². The largest absolute Gasteiger partial charge is 0.342 e. The Labute approximate surface area is 126 Å². The molecule has 106 valence electrons. The van der Waals surface area contributed by atoms with Gasteiger partial charge in [0, 0.05) is 17.4 Å². The normalized spacial score (nSPS) is 9.62. The van der Waals surface area contributed by atoms with E-state index in [1.54, 1.807) is 30.6 Å². The van der Waals surface area contributed by atoms with Crippen LogP contribution in [0.2, 0.25) is 5.02 Å². The van der Waals surface area contributed by atoms with Crippen molar-refractivity contribution in [2.75, 3.05) is 0 Å². The molecule has 0 aliphatic carbocycles. The zero-order valence-corrected chi connectivity index (χ0v) is 12.2. The third-order valence-corrected chi connectivity index (χ3v) is 2.58. The fourth-order valence-electron chi connectivity index (χ4n) is 1.56. The van der Waals surface area contributed by atoms with Crippen LogP contribution in [0, 0.1) is 11.3 Å². The Morgan fingerprint density at radius 2 is 2.10 bits per heavy atom. The van der Waals surface area contributed by atoms with Gasteiger partial charge in [0.1, 0.15) is 0 Å².